The lowest BCUT2D eigenvalue weighted by Crippen LogP contribution is -2.57. The Labute approximate surface area is 92.8 Å². The molecule has 0 amide bonds. The lowest BCUT2D eigenvalue weighted by Gasteiger charge is -2.42. The zero-order valence-electron chi connectivity index (χ0n) is 9.81. The van der Waals surface area contributed by atoms with Gasteiger partial charge in [0, 0.05) is 25.2 Å². The van der Waals surface area contributed by atoms with Crippen molar-refractivity contribution in [2.45, 2.75) is 32.2 Å². The van der Waals surface area contributed by atoms with Crippen LogP contribution in [0.5, 0.6) is 0 Å². The number of hydrogen-bond donors (Lipinski definition) is 1. The minimum absolute atomic E-state index is 0.359. The van der Waals surface area contributed by atoms with Gasteiger partial charge in [0.15, 0.2) is 0 Å². The molecule has 0 saturated carbocycles. The molecule has 2 nitrogen and oxygen atoms in total. The summed E-state index contributed by atoms with van der Waals surface area (Å²) in [6, 6.07) is 0. The van der Waals surface area contributed by atoms with Crippen molar-refractivity contribution in [2.24, 2.45) is 0 Å². The van der Waals surface area contributed by atoms with Gasteiger partial charge in [-0.1, -0.05) is 0 Å². The highest BCUT2D eigenvalue weighted by Crippen LogP contribution is 2.16. The van der Waals surface area contributed by atoms with Gasteiger partial charge in [-0.15, -0.1) is 0 Å². The van der Waals surface area contributed by atoms with Gasteiger partial charge in [0.1, 0.15) is 0 Å². The summed E-state index contributed by atoms with van der Waals surface area (Å²) < 4.78 is 0. The van der Waals surface area contributed by atoms with E-state index in [1.165, 1.54) is 31.7 Å². The topological polar surface area (TPSA) is 15.3 Å². The van der Waals surface area contributed by atoms with Gasteiger partial charge in [0.2, 0.25) is 0 Å². The summed E-state index contributed by atoms with van der Waals surface area (Å²) in [6.45, 7) is 9.46. The Bertz CT molecular complexity index is 159. The first-order valence-corrected chi connectivity index (χ1v) is 7.01. The molecule has 0 aromatic rings. The van der Waals surface area contributed by atoms with Crippen LogP contribution in [-0.2, 0) is 0 Å². The fraction of sp³-hybridized carbons (Fsp3) is 1.00. The van der Waals surface area contributed by atoms with Crippen molar-refractivity contribution in [2.75, 3.05) is 38.2 Å². The standard InChI is InChI=1S/C11H24N2S/c1-11(2)10-12-6-8-13(11)7-4-5-9-14-3/h12H,4-10H2,1-3H3. The number of unbranched alkanes of at least 4 members (excludes halogenated alkanes) is 1. The summed E-state index contributed by atoms with van der Waals surface area (Å²) in [5.41, 5.74) is 0.359. The Morgan fingerprint density at radius 1 is 1.36 bits per heavy atom. The van der Waals surface area contributed by atoms with Gasteiger partial charge in [-0.3, -0.25) is 4.90 Å². The lowest BCUT2D eigenvalue weighted by atomic mass is 10.00. The summed E-state index contributed by atoms with van der Waals surface area (Å²) in [6.07, 6.45) is 4.90. The van der Waals surface area contributed by atoms with Crippen LogP contribution in [0.4, 0.5) is 0 Å². The lowest BCUT2D eigenvalue weighted by molar-refractivity contribution is 0.0893. The molecule has 1 fully saturated rings. The van der Waals surface area contributed by atoms with Gasteiger partial charge in [-0.2, -0.15) is 11.8 Å². The van der Waals surface area contributed by atoms with E-state index in [0.717, 1.165) is 13.1 Å². The van der Waals surface area contributed by atoms with Crippen molar-refractivity contribution in [3.05, 3.63) is 0 Å². The maximum Gasteiger partial charge on any atom is 0.0278 e. The molecule has 3 heteroatoms. The van der Waals surface area contributed by atoms with Crippen LogP contribution in [0, 0.1) is 0 Å². The molecule has 0 unspecified atom stereocenters. The highest BCUT2D eigenvalue weighted by atomic mass is 32.2. The molecular formula is C11H24N2S. The van der Waals surface area contributed by atoms with E-state index in [-0.39, 0.29) is 0 Å². The third kappa shape index (κ3) is 3.79. The van der Waals surface area contributed by atoms with Crippen molar-refractivity contribution < 1.29 is 0 Å². The molecule has 1 N–H and O–H groups in total. The summed E-state index contributed by atoms with van der Waals surface area (Å²) in [5, 5.41) is 3.46. The zero-order valence-corrected chi connectivity index (χ0v) is 10.6. The second kappa shape index (κ2) is 5.99. The van der Waals surface area contributed by atoms with Crippen LogP contribution in [0.15, 0.2) is 0 Å². The second-order valence-electron chi connectivity index (χ2n) is 4.68. The number of thioether (sulfide) groups is 1. The molecule has 14 heavy (non-hydrogen) atoms. The minimum atomic E-state index is 0.359. The summed E-state index contributed by atoms with van der Waals surface area (Å²) in [5.74, 6) is 1.31. The normalized spacial score (nSPS) is 22.5. The van der Waals surface area contributed by atoms with Crippen LogP contribution < -0.4 is 5.32 Å². The Balaban J connectivity index is 2.20. The van der Waals surface area contributed by atoms with Gasteiger partial charge >= 0.3 is 0 Å². The van der Waals surface area contributed by atoms with Crippen molar-refractivity contribution in [1.82, 2.24) is 10.2 Å². The number of nitrogens with zero attached hydrogens (tertiary/aromatic N) is 1. The highest BCUT2D eigenvalue weighted by molar-refractivity contribution is 7.98. The Morgan fingerprint density at radius 3 is 2.79 bits per heavy atom. The third-order valence-corrected chi connectivity index (χ3v) is 3.70. The van der Waals surface area contributed by atoms with Crippen molar-refractivity contribution in [3.63, 3.8) is 0 Å². The molecule has 1 aliphatic rings. The first kappa shape index (κ1) is 12.3. The molecule has 0 spiro atoms. The molecule has 1 heterocycles. The first-order valence-electron chi connectivity index (χ1n) is 5.61. The van der Waals surface area contributed by atoms with E-state index in [2.05, 4.69) is 30.3 Å². The smallest absolute Gasteiger partial charge is 0.0278 e. The maximum absolute atomic E-state index is 3.46. The molecule has 0 bridgehead atoms. The van der Waals surface area contributed by atoms with E-state index in [4.69, 9.17) is 0 Å². The quantitative estimate of drug-likeness (QED) is 0.706. The van der Waals surface area contributed by atoms with E-state index in [1.807, 2.05) is 11.8 Å². The molecule has 0 atom stereocenters. The Morgan fingerprint density at radius 2 is 2.14 bits per heavy atom. The molecule has 1 rings (SSSR count). The number of nitrogens with one attached hydrogen (secondary N) is 1. The highest BCUT2D eigenvalue weighted by Gasteiger charge is 2.28. The SMILES string of the molecule is CSCCCCN1CCNCC1(C)C. The molecule has 0 radical (unpaired) electrons. The van der Waals surface area contributed by atoms with E-state index in [9.17, 15) is 0 Å². The van der Waals surface area contributed by atoms with Crippen molar-refractivity contribution in [1.29, 1.82) is 0 Å². The molecule has 0 aliphatic carbocycles. The molecule has 0 aromatic heterocycles. The predicted molar refractivity (Wildman–Crippen MR) is 66.1 cm³/mol. The van der Waals surface area contributed by atoms with Crippen LogP contribution in [0.25, 0.3) is 0 Å². The van der Waals surface area contributed by atoms with Gasteiger partial charge in [-0.25, -0.2) is 0 Å². The van der Waals surface area contributed by atoms with Gasteiger partial charge in [-0.05, 0) is 45.2 Å². The van der Waals surface area contributed by atoms with E-state index in [1.54, 1.807) is 0 Å². The molecule has 0 aromatic carbocycles. The average molecular weight is 216 g/mol. The molecule has 84 valence electrons. The van der Waals surface area contributed by atoms with Crippen LogP contribution >= 0.6 is 11.8 Å². The van der Waals surface area contributed by atoms with Crippen LogP contribution in [0.2, 0.25) is 0 Å². The average Bonchev–Trinajstić information content (AvgIpc) is 2.14. The largest absolute Gasteiger partial charge is 0.314 e. The van der Waals surface area contributed by atoms with Crippen LogP contribution in [0.3, 0.4) is 0 Å². The van der Waals surface area contributed by atoms with Crippen LogP contribution in [0.1, 0.15) is 26.7 Å². The summed E-state index contributed by atoms with van der Waals surface area (Å²) in [7, 11) is 0. The second-order valence-corrected chi connectivity index (χ2v) is 5.66. The molecular weight excluding hydrogens is 192 g/mol. The van der Waals surface area contributed by atoms with Gasteiger partial charge in [0.25, 0.3) is 0 Å². The number of rotatable bonds is 5. The number of hydrogen-bond acceptors (Lipinski definition) is 3. The zero-order chi connectivity index (χ0) is 10.4. The number of piperazine rings is 1. The maximum atomic E-state index is 3.46. The predicted octanol–water partition coefficient (Wildman–Crippen LogP) is 1.81. The monoisotopic (exact) mass is 216 g/mol. The van der Waals surface area contributed by atoms with E-state index in [0.29, 0.717) is 5.54 Å². The minimum Gasteiger partial charge on any atom is -0.314 e. The summed E-state index contributed by atoms with van der Waals surface area (Å²) >= 11 is 1.96. The molecule has 1 saturated heterocycles. The van der Waals surface area contributed by atoms with Gasteiger partial charge < -0.3 is 5.32 Å². The fourth-order valence-corrected chi connectivity index (χ4v) is 2.48. The Kier molecular flexibility index (Phi) is 5.28. The van der Waals surface area contributed by atoms with Gasteiger partial charge in [0.05, 0.1) is 0 Å². The van der Waals surface area contributed by atoms with E-state index < -0.39 is 0 Å². The fourth-order valence-electron chi connectivity index (χ4n) is 1.99. The molecule has 1 aliphatic heterocycles. The summed E-state index contributed by atoms with van der Waals surface area (Å²) in [4.78, 5) is 2.63. The van der Waals surface area contributed by atoms with Crippen LogP contribution in [-0.4, -0.2) is 48.6 Å². The Hall–Kier alpha value is 0.270. The van der Waals surface area contributed by atoms with E-state index >= 15 is 0 Å². The van der Waals surface area contributed by atoms with Crippen molar-refractivity contribution >= 4 is 11.8 Å². The third-order valence-electron chi connectivity index (χ3n) is 3.00. The van der Waals surface area contributed by atoms with Crippen molar-refractivity contribution in [3.8, 4) is 0 Å². The first-order chi connectivity index (χ1) is 6.67.